The summed E-state index contributed by atoms with van der Waals surface area (Å²) in [5.74, 6) is 0.787. The highest BCUT2D eigenvalue weighted by Gasteiger charge is 2.02. The predicted molar refractivity (Wildman–Crippen MR) is 88.8 cm³/mol. The van der Waals surface area contributed by atoms with Gasteiger partial charge < -0.3 is 4.74 Å². The topological polar surface area (TPSA) is 21.6 Å². The Bertz CT molecular complexity index is 640. The molecule has 0 fully saturated rings. The van der Waals surface area contributed by atoms with E-state index in [0.29, 0.717) is 11.6 Å². The van der Waals surface area contributed by atoms with E-state index in [1.165, 1.54) is 0 Å². The molecule has 0 aliphatic carbocycles. The van der Waals surface area contributed by atoms with Crippen LogP contribution in [-0.4, -0.2) is 12.8 Å². The van der Waals surface area contributed by atoms with E-state index in [1.54, 1.807) is 6.21 Å². The second-order valence-electron chi connectivity index (χ2n) is 4.31. The van der Waals surface area contributed by atoms with Gasteiger partial charge in [-0.2, -0.15) is 0 Å². The van der Waals surface area contributed by atoms with Crippen LogP contribution in [0.5, 0.6) is 5.75 Å². The zero-order chi connectivity index (χ0) is 14.5. The van der Waals surface area contributed by atoms with E-state index in [0.717, 1.165) is 27.0 Å². The molecule has 0 N–H and O–H groups in total. The quantitative estimate of drug-likeness (QED) is 0.660. The Hall–Kier alpha value is -1.32. The van der Waals surface area contributed by atoms with Crippen molar-refractivity contribution >= 4 is 39.4 Å². The number of ether oxygens (including phenoxy) is 1. The molecule has 20 heavy (non-hydrogen) atoms. The molecule has 0 spiro atoms. The van der Waals surface area contributed by atoms with Crippen LogP contribution in [0.25, 0.3) is 0 Å². The Morgan fingerprint density at radius 2 is 2.05 bits per heavy atom. The molecule has 0 radical (unpaired) electrons. The maximum absolute atomic E-state index is 6.02. The van der Waals surface area contributed by atoms with E-state index in [1.807, 2.05) is 50.2 Å². The van der Waals surface area contributed by atoms with Gasteiger partial charge in [-0.15, -0.1) is 0 Å². The summed E-state index contributed by atoms with van der Waals surface area (Å²) in [6.07, 6.45) is 1.78. The number of hydrogen-bond acceptors (Lipinski definition) is 2. The number of rotatable bonds is 4. The van der Waals surface area contributed by atoms with Crippen LogP contribution in [0.2, 0.25) is 5.02 Å². The van der Waals surface area contributed by atoms with Gasteiger partial charge in [0.05, 0.1) is 12.3 Å². The molecule has 0 aliphatic heterocycles. The molecule has 2 aromatic rings. The monoisotopic (exact) mass is 351 g/mol. The smallest absolute Gasteiger partial charge is 0.128 e. The van der Waals surface area contributed by atoms with Crippen LogP contribution in [0.3, 0.4) is 0 Å². The molecule has 0 atom stereocenters. The predicted octanol–water partition coefficient (Wildman–Crippen LogP) is 5.56. The lowest BCUT2D eigenvalue weighted by Crippen LogP contribution is -1.95. The van der Waals surface area contributed by atoms with Gasteiger partial charge in [0, 0.05) is 21.3 Å². The minimum Gasteiger partial charge on any atom is -0.493 e. The van der Waals surface area contributed by atoms with Gasteiger partial charge in [-0.1, -0.05) is 27.5 Å². The third kappa shape index (κ3) is 3.84. The molecule has 4 heteroatoms. The van der Waals surface area contributed by atoms with Crippen molar-refractivity contribution in [1.29, 1.82) is 0 Å². The van der Waals surface area contributed by atoms with Crippen molar-refractivity contribution in [2.45, 2.75) is 13.8 Å². The molecular formula is C16H15BrClNO. The van der Waals surface area contributed by atoms with Crippen LogP contribution >= 0.6 is 27.5 Å². The zero-order valence-corrected chi connectivity index (χ0v) is 13.7. The summed E-state index contributed by atoms with van der Waals surface area (Å²) >= 11 is 9.50. The van der Waals surface area contributed by atoms with Gasteiger partial charge in [0.15, 0.2) is 0 Å². The molecule has 2 aromatic carbocycles. The van der Waals surface area contributed by atoms with Crippen LogP contribution in [0.4, 0.5) is 5.69 Å². The van der Waals surface area contributed by atoms with Gasteiger partial charge in [0.1, 0.15) is 5.75 Å². The number of benzene rings is 2. The minimum atomic E-state index is 0.611. The third-order valence-corrected chi connectivity index (χ3v) is 3.89. The lowest BCUT2D eigenvalue weighted by atomic mass is 10.2. The van der Waals surface area contributed by atoms with Gasteiger partial charge >= 0.3 is 0 Å². The molecule has 104 valence electrons. The lowest BCUT2D eigenvalue weighted by Gasteiger charge is -2.07. The average molecular weight is 353 g/mol. The van der Waals surface area contributed by atoms with Crippen molar-refractivity contribution in [3.63, 3.8) is 0 Å². The Morgan fingerprint density at radius 3 is 2.75 bits per heavy atom. The van der Waals surface area contributed by atoms with Gasteiger partial charge in [-0.3, -0.25) is 4.99 Å². The number of halogens is 2. The molecule has 2 rings (SSSR count). The van der Waals surface area contributed by atoms with Crippen molar-refractivity contribution in [2.75, 3.05) is 6.61 Å². The Labute approximate surface area is 132 Å². The number of aryl methyl sites for hydroxylation is 1. The molecule has 0 aromatic heterocycles. The van der Waals surface area contributed by atoms with Gasteiger partial charge in [0.25, 0.3) is 0 Å². The van der Waals surface area contributed by atoms with Gasteiger partial charge in [-0.05, 0) is 55.8 Å². The first-order valence-electron chi connectivity index (χ1n) is 6.32. The molecule has 2 nitrogen and oxygen atoms in total. The summed E-state index contributed by atoms with van der Waals surface area (Å²) in [6, 6.07) is 11.5. The van der Waals surface area contributed by atoms with Crippen LogP contribution in [0, 0.1) is 6.92 Å². The van der Waals surface area contributed by atoms with Crippen molar-refractivity contribution in [1.82, 2.24) is 0 Å². The minimum absolute atomic E-state index is 0.611. The molecule has 0 aliphatic rings. The van der Waals surface area contributed by atoms with Gasteiger partial charge in [-0.25, -0.2) is 0 Å². The van der Waals surface area contributed by atoms with Crippen LogP contribution < -0.4 is 4.74 Å². The number of aliphatic imine (C=N–C) groups is 1. The SMILES string of the molecule is CCOc1ccc(Cl)cc1C=Nc1ccc(Br)c(C)c1. The number of hydrogen-bond donors (Lipinski definition) is 0. The highest BCUT2D eigenvalue weighted by molar-refractivity contribution is 9.10. The molecule has 0 bridgehead atoms. The van der Waals surface area contributed by atoms with Crippen molar-refractivity contribution < 1.29 is 4.74 Å². The Kier molecular flexibility index (Phi) is 5.21. The fraction of sp³-hybridized carbons (Fsp3) is 0.188. The summed E-state index contributed by atoms with van der Waals surface area (Å²) in [6.45, 7) is 4.60. The zero-order valence-electron chi connectivity index (χ0n) is 11.4. The van der Waals surface area contributed by atoms with E-state index in [2.05, 4.69) is 20.9 Å². The average Bonchev–Trinajstić information content (AvgIpc) is 2.43. The first-order chi connectivity index (χ1) is 9.60. The highest BCUT2D eigenvalue weighted by atomic mass is 79.9. The van der Waals surface area contributed by atoms with Crippen molar-refractivity contribution in [2.24, 2.45) is 4.99 Å². The van der Waals surface area contributed by atoms with E-state index < -0.39 is 0 Å². The molecule has 0 unspecified atom stereocenters. The van der Waals surface area contributed by atoms with E-state index in [4.69, 9.17) is 16.3 Å². The van der Waals surface area contributed by atoms with Crippen LogP contribution in [0.15, 0.2) is 45.9 Å². The van der Waals surface area contributed by atoms with Crippen LogP contribution in [-0.2, 0) is 0 Å². The Balaban J connectivity index is 2.30. The summed E-state index contributed by atoms with van der Waals surface area (Å²) in [7, 11) is 0. The molecular weight excluding hydrogens is 338 g/mol. The maximum Gasteiger partial charge on any atom is 0.128 e. The summed E-state index contributed by atoms with van der Waals surface area (Å²) in [4.78, 5) is 4.48. The molecule has 0 heterocycles. The first-order valence-corrected chi connectivity index (χ1v) is 7.50. The fourth-order valence-electron chi connectivity index (χ4n) is 1.76. The van der Waals surface area contributed by atoms with E-state index in [9.17, 15) is 0 Å². The Morgan fingerprint density at radius 1 is 1.25 bits per heavy atom. The summed E-state index contributed by atoms with van der Waals surface area (Å²) in [5.41, 5.74) is 2.92. The standard InChI is InChI=1S/C16H15BrClNO/c1-3-20-16-7-4-13(18)9-12(16)10-19-14-5-6-15(17)11(2)8-14/h4-10H,3H2,1-2H3. The van der Waals surface area contributed by atoms with Crippen molar-refractivity contribution in [3.8, 4) is 5.75 Å². The molecule has 0 saturated carbocycles. The number of nitrogens with zero attached hydrogens (tertiary/aromatic N) is 1. The van der Waals surface area contributed by atoms with E-state index >= 15 is 0 Å². The largest absolute Gasteiger partial charge is 0.493 e. The van der Waals surface area contributed by atoms with E-state index in [-0.39, 0.29) is 0 Å². The van der Waals surface area contributed by atoms with Gasteiger partial charge in [0.2, 0.25) is 0 Å². The molecule has 0 amide bonds. The first kappa shape index (κ1) is 15.1. The van der Waals surface area contributed by atoms with Crippen LogP contribution in [0.1, 0.15) is 18.1 Å². The maximum atomic E-state index is 6.02. The second-order valence-corrected chi connectivity index (χ2v) is 5.60. The third-order valence-electron chi connectivity index (χ3n) is 2.77. The highest BCUT2D eigenvalue weighted by Crippen LogP contribution is 2.24. The fourth-order valence-corrected chi connectivity index (χ4v) is 2.19. The normalized spacial score (nSPS) is 11.0. The molecule has 0 saturated heterocycles. The summed E-state index contributed by atoms with van der Waals surface area (Å²) in [5, 5.41) is 0.668. The lowest BCUT2D eigenvalue weighted by molar-refractivity contribution is 0.340. The second kappa shape index (κ2) is 6.91. The van der Waals surface area contributed by atoms with Crippen molar-refractivity contribution in [3.05, 3.63) is 57.0 Å². The summed E-state index contributed by atoms with van der Waals surface area (Å²) < 4.78 is 6.64.